The third kappa shape index (κ3) is 3.53. The van der Waals surface area contributed by atoms with E-state index in [0.717, 1.165) is 16.4 Å². The van der Waals surface area contributed by atoms with Crippen molar-refractivity contribution in [1.82, 2.24) is 0 Å². The zero-order chi connectivity index (χ0) is 9.68. The maximum atomic E-state index is 2.39. The Balaban J connectivity index is 2.35. The summed E-state index contributed by atoms with van der Waals surface area (Å²) >= 11 is 2.25. The molecule has 1 aliphatic rings. The van der Waals surface area contributed by atoms with Gasteiger partial charge < -0.3 is 0 Å². The first-order chi connectivity index (χ1) is 6.27. The van der Waals surface area contributed by atoms with Crippen molar-refractivity contribution in [3.8, 4) is 0 Å². The molecule has 1 heteroatoms. The number of hydrogen-bond acceptors (Lipinski definition) is 1. The Hall–Kier alpha value is 0.350. The quantitative estimate of drug-likeness (QED) is 0.630. The van der Waals surface area contributed by atoms with Gasteiger partial charge in [0.05, 0.1) is 0 Å². The monoisotopic (exact) mass is 200 g/mol. The Bertz CT molecular complexity index is 127. The predicted molar refractivity (Wildman–Crippen MR) is 63.4 cm³/mol. The predicted octanol–water partition coefficient (Wildman–Crippen LogP) is 4.49. The van der Waals surface area contributed by atoms with E-state index >= 15 is 0 Å². The van der Waals surface area contributed by atoms with Crippen LogP contribution in [0.15, 0.2) is 0 Å². The van der Waals surface area contributed by atoms with Gasteiger partial charge in [-0.25, -0.2) is 0 Å². The second-order valence-electron chi connectivity index (χ2n) is 4.40. The van der Waals surface area contributed by atoms with Crippen LogP contribution in [0, 0.1) is 5.92 Å². The van der Waals surface area contributed by atoms with Crippen LogP contribution in [0.3, 0.4) is 0 Å². The van der Waals surface area contributed by atoms with Gasteiger partial charge in [-0.2, -0.15) is 11.8 Å². The van der Waals surface area contributed by atoms with E-state index in [0.29, 0.717) is 0 Å². The van der Waals surface area contributed by atoms with Gasteiger partial charge in [0, 0.05) is 10.5 Å². The molecule has 0 aromatic rings. The van der Waals surface area contributed by atoms with Crippen molar-refractivity contribution in [3.63, 3.8) is 0 Å². The lowest BCUT2D eigenvalue weighted by molar-refractivity contribution is 0.417. The van der Waals surface area contributed by atoms with Crippen LogP contribution >= 0.6 is 11.8 Å². The molecule has 0 nitrogen and oxygen atoms in total. The molecule has 1 saturated heterocycles. The van der Waals surface area contributed by atoms with Crippen molar-refractivity contribution < 1.29 is 0 Å². The second-order valence-corrected chi connectivity index (χ2v) is 6.08. The zero-order valence-electron chi connectivity index (χ0n) is 9.38. The van der Waals surface area contributed by atoms with Crippen LogP contribution in [0.4, 0.5) is 0 Å². The van der Waals surface area contributed by atoms with E-state index in [1.54, 1.807) is 0 Å². The van der Waals surface area contributed by atoms with Crippen molar-refractivity contribution >= 4 is 11.8 Å². The molecule has 1 rings (SSSR count). The minimum atomic E-state index is 0.932. The number of hydrogen-bond donors (Lipinski definition) is 0. The van der Waals surface area contributed by atoms with Gasteiger partial charge in [-0.1, -0.05) is 33.6 Å². The van der Waals surface area contributed by atoms with Gasteiger partial charge in [0.2, 0.25) is 0 Å². The fraction of sp³-hybridized carbons (Fsp3) is 1.00. The highest BCUT2D eigenvalue weighted by atomic mass is 32.2. The average Bonchev–Trinajstić information content (AvgIpc) is 2.51. The molecule has 0 bridgehead atoms. The lowest BCUT2D eigenvalue weighted by Gasteiger charge is -2.22. The minimum Gasteiger partial charge on any atom is -0.155 e. The molecular formula is C12H24S. The summed E-state index contributed by atoms with van der Waals surface area (Å²) in [6.45, 7) is 7.04. The maximum Gasteiger partial charge on any atom is 0.00783 e. The van der Waals surface area contributed by atoms with E-state index in [4.69, 9.17) is 0 Å². The van der Waals surface area contributed by atoms with E-state index < -0.39 is 0 Å². The fourth-order valence-electron chi connectivity index (χ4n) is 2.44. The topological polar surface area (TPSA) is 0 Å². The third-order valence-electron chi connectivity index (χ3n) is 3.11. The normalized spacial score (nSPS) is 28.6. The van der Waals surface area contributed by atoms with Crippen LogP contribution in [0.25, 0.3) is 0 Å². The van der Waals surface area contributed by atoms with Gasteiger partial charge >= 0.3 is 0 Å². The molecule has 0 aromatic heterocycles. The van der Waals surface area contributed by atoms with Crippen molar-refractivity contribution in [1.29, 1.82) is 0 Å². The van der Waals surface area contributed by atoms with E-state index in [1.807, 2.05) is 0 Å². The van der Waals surface area contributed by atoms with Crippen molar-refractivity contribution in [3.05, 3.63) is 0 Å². The van der Waals surface area contributed by atoms with Gasteiger partial charge in [0.1, 0.15) is 0 Å². The van der Waals surface area contributed by atoms with Crippen molar-refractivity contribution in [2.24, 2.45) is 5.92 Å². The second kappa shape index (κ2) is 5.95. The number of thioether (sulfide) groups is 1. The largest absolute Gasteiger partial charge is 0.155 e. The highest BCUT2D eigenvalue weighted by Gasteiger charge is 2.27. The van der Waals surface area contributed by atoms with Gasteiger partial charge in [0.15, 0.2) is 0 Å². The first-order valence-corrected chi connectivity index (χ1v) is 6.87. The summed E-state index contributed by atoms with van der Waals surface area (Å²) in [7, 11) is 0. The first kappa shape index (κ1) is 11.4. The van der Waals surface area contributed by atoms with Gasteiger partial charge in [0.25, 0.3) is 0 Å². The molecule has 0 amide bonds. The van der Waals surface area contributed by atoms with Crippen molar-refractivity contribution in [2.75, 3.05) is 0 Å². The van der Waals surface area contributed by atoms with Crippen LogP contribution in [-0.4, -0.2) is 10.5 Å². The standard InChI is InChI=1S/C12H24S/c1-4-6-11(7-5-2)12-9-8-10(3)13-12/h10-12H,4-9H2,1-3H3. The Kier molecular flexibility index (Phi) is 5.23. The fourth-order valence-corrected chi connectivity index (χ4v) is 4.07. The SMILES string of the molecule is CCCC(CCC)C1CCC(C)S1. The first-order valence-electron chi connectivity index (χ1n) is 5.93. The summed E-state index contributed by atoms with van der Waals surface area (Å²) in [6, 6.07) is 0. The van der Waals surface area contributed by atoms with Gasteiger partial charge in [-0.05, 0) is 31.6 Å². The van der Waals surface area contributed by atoms with Crippen LogP contribution in [0.2, 0.25) is 0 Å². The molecule has 2 atom stereocenters. The molecule has 13 heavy (non-hydrogen) atoms. The molecule has 1 aliphatic heterocycles. The van der Waals surface area contributed by atoms with E-state index in [2.05, 4.69) is 32.5 Å². The van der Waals surface area contributed by atoms with Crippen LogP contribution in [0.1, 0.15) is 59.3 Å². The third-order valence-corrected chi connectivity index (χ3v) is 4.78. The Morgan fingerprint density at radius 3 is 2.15 bits per heavy atom. The zero-order valence-corrected chi connectivity index (χ0v) is 10.2. The molecule has 0 saturated carbocycles. The molecule has 0 spiro atoms. The number of rotatable bonds is 5. The summed E-state index contributed by atoms with van der Waals surface area (Å²) in [5.74, 6) is 1.02. The van der Waals surface area contributed by atoms with Crippen molar-refractivity contribution in [2.45, 2.75) is 69.8 Å². The lowest BCUT2D eigenvalue weighted by Crippen LogP contribution is -2.14. The van der Waals surface area contributed by atoms with E-state index in [-0.39, 0.29) is 0 Å². The van der Waals surface area contributed by atoms with E-state index in [1.165, 1.54) is 38.5 Å². The van der Waals surface area contributed by atoms with Crippen LogP contribution in [0.5, 0.6) is 0 Å². The summed E-state index contributed by atoms with van der Waals surface area (Å²) < 4.78 is 0. The summed E-state index contributed by atoms with van der Waals surface area (Å²) in [5, 5.41) is 1.93. The molecule has 2 unspecified atom stereocenters. The Morgan fingerprint density at radius 2 is 1.77 bits per heavy atom. The van der Waals surface area contributed by atoms with Crippen LogP contribution in [-0.2, 0) is 0 Å². The molecule has 0 aliphatic carbocycles. The summed E-state index contributed by atoms with van der Waals surface area (Å²) in [5.41, 5.74) is 0. The summed E-state index contributed by atoms with van der Waals surface area (Å²) in [4.78, 5) is 0. The minimum absolute atomic E-state index is 0.932. The smallest absolute Gasteiger partial charge is 0.00783 e. The highest BCUT2D eigenvalue weighted by molar-refractivity contribution is 8.00. The summed E-state index contributed by atoms with van der Waals surface area (Å²) in [6.07, 6.45) is 8.60. The van der Waals surface area contributed by atoms with Crippen LogP contribution < -0.4 is 0 Å². The Morgan fingerprint density at radius 1 is 1.15 bits per heavy atom. The highest BCUT2D eigenvalue weighted by Crippen LogP contribution is 2.40. The van der Waals surface area contributed by atoms with Gasteiger partial charge in [-0.3, -0.25) is 0 Å². The molecule has 78 valence electrons. The molecule has 1 fully saturated rings. The van der Waals surface area contributed by atoms with E-state index in [9.17, 15) is 0 Å². The lowest BCUT2D eigenvalue weighted by atomic mass is 9.92. The molecule has 0 N–H and O–H groups in total. The molecule has 1 heterocycles. The molecule has 0 aromatic carbocycles. The average molecular weight is 200 g/mol. The maximum absolute atomic E-state index is 2.39. The molecular weight excluding hydrogens is 176 g/mol. The van der Waals surface area contributed by atoms with Gasteiger partial charge in [-0.15, -0.1) is 0 Å². The Labute approximate surface area is 87.9 Å². The molecule has 0 radical (unpaired) electrons.